The molecule has 45 heavy (non-hydrogen) atoms. The van der Waals surface area contributed by atoms with Gasteiger partial charge >= 0.3 is 0 Å². The monoisotopic (exact) mass is 679 g/mol. The first-order valence-corrected chi connectivity index (χ1v) is 15.9. The normalized spacial score (nSPS) is 15.5. The molecule has 1 aromatic heterocycles. The number of ether oxygens (including phenoxy) is 2. The van der Waals surface area contributed by atoms with Crippen molar-refractivity contribution in [2.24, 2.45) is 4.99 Å². The second kappa shape index (κ2) is 11.9. The number of nitrogens with zero attached hydrogens (tertiary/aromatic N) is 3. The number of hydrogen-bond donors (Lipinski definition) is 0. The van der Waals surface area contributed by atoms with Gasteiger partial charge in [0.15, 0.2) is 4.80 Å². The van der Waals surface area contributed by atoms with Crippen LogP contribution in [-0.4, -0.2) is 16.6 Å². The standard InChI is InChI=1S/C35H26BrN3O5S/c1-43-27-14-8-23(9-15-27)33-29-16-10-22-4-2-3-5-28(22)32(29)37-35-38(33)34(40)31(45-35)19-24-18-25(36)11-17-30(24)44-20-21-6-12-26(13-7-21)39(41)42/h2-9,11-15,17-19,33H,10,16,20H2,1H3/b31-19+/t33-/m1/s1. The number of aryl methyl sites for hydroxylation is 1. The average molecular weight is 681 g/mol. The van der Waals surface area contributed by atoms with Crippen molar-refractivity contribution < 1.29 is 14.4 Å². The van der Waals surface area contributed by atoms with Gasteiger partial charge in [-0.25, -0.2) is 4.99 Å². The van der Waals surface area contributed by atoms with E-state index in [4.69, 9.17) is 14.5 Å². The lowest BCUT2D eigenvalue weighted by molar-refractivity contribution is -0.384. The summed E-state index contributed by atoms with van der Waals surface area (Å²) in [4.78, 5) is 30.6. The van der Waals surface area contributed by atoms with Gasteiger partial charge in [0.2, 0.25) is 0 Å². The molecule has 0 radical (unpaired) electrons. The van der Waals surface area contributed by atoms with Crippen molar-refractivity contribution >= 4 is 44.7 Å². The first kappa shape index (κ1) is 28.9. The molecule has 0 N–H and O–H groups in total. The molecule has 1 aliphatic carbocycles. The van der Waals surface area contributed by atoms with Crippen LogP contribution in [0.25, 0.3) is 11.8 Å². The summed E-state index contributed by atoms with van der Waals surface area (Å²) in [5, 5.41) is 11.0. The van der Waals surface area contributed by atoms with Crippen molar-refractivity contribution in [3.63, 3.8) is 0 Å². The highest BCUT2D eigenvalue weighted by molar-refractivity contribution is 9.10. The van der Waals surface area contributed by atoms with Gasteiger partial charge in [0.05, 0.1) is 28.3 Å². The zero-order valence-corrected chi connectivity index (χ0v) is 26.5. The lowest BCUT2D eigenvalue weighted by Gasteiger charge is -2.30. The topological polar surface area (TPSA) is 96.0 Å². The van der Waals surface area contributed by atoms with Gasteiger partial charge in [-0.2, -0.15) is 0 Å². The van der Waals surface area contributed by atoms with Gasteiger partial charge in [0, 0.05) is 27.7 Å². The average Bonchev–Trinajstić information content (AvgIpc) is 3.37. The summed E-state index contributed by atoms with van der Waals surface area (Å²) in [5.41, 5.74) is 6.88. The number of methoxy groups -OCH3 is 1. The lowest BCUT2D eigenvalue weighted by Crippen LogP contribution is -2.38. The van der Waals surface area contributed by atoms with Crippen LogP contribution in [0.1, 0.15) is 40.3 Å². The number of nitro benzene ring substituents is 1. The Kier molecular flexibility index (Phi) is 7.68. The van der Waals surface area contributed by atoms with Crippen molar-refractivity contribution in [1.82, 2.24) is 4.57 Å². The van der Waals surface area contributed by atoms with Crippen LogP contribution in [-0.2, 0) is 13.0 Å². The Balaban J connectivity index is 1.33. The number of allylic oxidation sites excluding steroid dienone is 1. The van der Waals surface area contributed by atoms with E-state index in [1.807, 2.05) is 59.2 Å². The molecule has 0 amide bonds. The largest absolute Gasteiger partial charge is 0.497 e. The molecule has 8 nitrogen and oxygen atoms in total. The molecule has 0 spiro atoms. The van der Waals surface area contributed by atoms with Crippen molar-refractivity contribution in [3.8, 4) is 11.5 Å². The summed E-state index contributed by atoms with van der Waals surface area (Å²) >= 11 is 4.92. The number of fused-ring (bicyclic) bond motifs is 3. The first-order valence-electron chi connectivity index (χ1n) is 14.3. The van der Waals surface area contributed by atoms with Gasteiger partial charge in [-0.05, 0) is 83.6 Å². The third kappa shape index (κ3) is 5.51. The van der Waals surface area contributed by atoms with Gasteiger partial charge in [0.25, 0.3) is 11.2 Å². The van der Waals surface area contributed by atoms with Crippen LogP contribution in [0.4, 0.5) is 5.69 Å². The van der Waals surface area contributed by atoms with Crippen LogP contribution in [0, 0.1) is 10.1 Å². The number of hydrogen-bond acceptors (Lipinski definition) is 7. The van der Waals surface area contributed by atoms with Crippen LogP contribution < -0.4 is 24.4 Å². The van der Waals surface area contributed by atoms with Crippen LogP contribution in [0.5, 0.6) is 11.5 Å². The Morgan fingerprint density at radius 1 is 1.04 bits per heavy atom. The molecule has 10 heteroatoms. The molecule has 1 aliphatic heterocycles. The number of thiazole rings is 1. The summed E-state index contributed by atoms with van der Waals surface area (Å²) in [5.74, 6) is 1.34. The smallest absolute Gasteiger partial charge is 0.271 e. The zero-order valence-electron chi connectivity index (χ0n) is 24.1. The molecule has 0 saturated heterocycles. The third-order valence-corrected chi connectivity index (χ3v) is 9.58. The Bertz CT molecular complexity index is 2170. The Labute approximate surface area is 270 Å². The number of aromatic nitrogens is 1. The molecule has 224 valence electrons. The highest BCUT2D eigenvalue weighted by Gasteiger charge is 2.32. The van der Waals surface area contributed by atoms with Gasteiger partial charge < -0.3 is 9.47 Å². The van der Waals surface area contributed by atoms with E-state index < -0.39 is 4.92 Å². The van der Waals surface area contributed by atoms with Crippen LogP contribution in [0.15, 0.2) is 111 Å². The predicted octanol–water partition coefficient (Wildman–Crippen LogP) is 6.58. The number of non-ortho nitro benzene ring substituents is 1. The van der Waals surface area contributed by atoms with E-state index in [1.165, 1.54) is 29.0 Å². The molecule has 0 bridgehead atoms. The number of nitro groups is 1. The molecule has 0 fully saturated rings. The van der Waals surface area contributed by atoms with Gasteiger partial charge in [-0.1, -0.05) is 63.7 Å². The quantitative estimate of drug-likeness (QED) is 0.143. The highest BCUT2D eigenvalue weighted by atomic mass is 79.9. The third-order valence-electron chi connectivity index (χ3n) is 8.10. The summed E-state index contributed by atoms with van der Waals surface area (Å²) in [6.07, 6.45) is 3.54. The van der Waals surface area contributed by atoms with Gasteiger partial charge in [-0.15, -0.1) is 0 Å². The molecule has 7 rings (SSSR count). The number of rotatable bonds is 7. The number of benzene rings is 4. The molecular weight excluding hydrogens is 654 g/mol. The molecule has 1 atom stereocenters. The summed E-state index contributed by atoms with van der Waals surface area (Å²) in [6.45, 7) is 0.214. The minimum atomic E-state index is -0.429. The van der Waals surface area contributed by atoms with E-state index >= 15 is 0 Å². The summed E-state index contributed by atoms with van der Waals surface area (Å²) in [6, 6.07) is 27.9. The maximum atomic E-state index is 14.2. The van der Waals surface area contributed by atoms with Crippen molar-refractivity contribution in [1.29, 1.82) is 0 Å². The van der Waals surface area contributed by atoms with Gasteiger partial charge in [0.1, 0.15) is 18.1 Å². The molecule has 5 aromatic rings. The maximum Gasteiger partial charge on any atom is 0.271 e. The first-order chi connectivity index (χ1) is 21.9. The van der Waals surface area contributed by atoms with E-state index in [2.05, 4.69) is 34.1 Å². The minimum Gasteiger partial charge on any atom is -0.497 e. The zero-order chi connectivity index (χ0) is 31.1. The van der Waals surface area contributed by atoms with Crippen molar-refractivity contribution in [2.75, 3.05) is 7.11 Å². The van der Waals surface area contributed by atoms with Gasteiger partial charge in [-0.3, -0.25) is 19.5 Å². The summed E-state index contributed by atoms with van der Waals surface area (Å²) < 4.78 is 14.8. The van der Waals surface area contributed by atoms with Crippen LogP contribution >= 0.6 is 27.3 Å². The molecule has 4 aromatic carbocycles. The fraction of sp³-hybridized carbons (Fsp3) is 0.143. The maximum absolute atomic E-state index is 14.2. The SMILES string of the molecule is COc1ccc([C@@H]2C3=C(N=c4s/c(=C/c5cc(Br)ccc5OCc5ccc([N+](=O)[O-])cc5)c(=O)n42)c2ccccc2CC3)cc1. The molecular formula is C35H26BrN3O5S. The second-order valence-corrected chi connectivity index (χ2v) is 12.7. The fourth-order valence-electron chi connectivity index (χ4n) is 5.89. The Morgan fingerprint density at radius 2 is 1.82 bits per heavy atom. The van der Waals surface area contributed by atoms with E-state index in [-0.39, 0.29) is 23.9 Å². The summed E-state index contributed by atoms with van der Waals surface area (Å²) in [7, 11) is 1.64. The Hall–Kier alpha value is -4.80. The van der Waals surface area contributed by atoms with Crippen LogP contribution in [0.3, 0.4) is 0 Å². The molecule has 0 saturated carbocycles. The second-order valence-electron chi connectivity index (χ2n) is 10.8. The predicted molar refractivity (Wildman–Crippen MR) is 177 cm³/mol. The highest BCUT2D eigenvalue weighted by Crippen LogP contribution is 2.41. The lowest BCUT2D eigenvalue weighted by atomic mass is 9.83. The van der Waals surface area contributed by atoms with Crippen molar-refractivity contribution in [2.45, 2.75) is 25.5 Å². The molecule has 2 aliphatic rings. The Morgan fingerprint density at radius 3 is 2.58 bits per heavy atom. The minimum absolute atomic E-state index is 0.0246. The molecule has 2 heterocycles. The molecule has 0 unspecified atom stereocenters. The van der Waals surface area contributed by atoms with E-state index in [0.717, 1.165) is 56.6 Å². The number of halogens is 1. The van der Waals surface area contributed by atoms with E-state index in [1.54, 1.807) is 19.2 Å². The van der Waals surface area contributed by atoms with E-state index in [9.17, 15) is 14.9 Å². The van der Waals surface area contributed by atoms with E-state index in [0.29, 0.717) is 15.1 Å². The van der Waals surface area contributed by atoms with Crippen molar-refractivity contribution in [3.05, 3.63) is 159 Å². The van der Waals surface area contributed by atoms with Crippen LogP contribution in [0.2, 0.25) is 0 Å². The fourth-order valence-corrected chi connectivity index (χ4v) is 7.26.